The molecule has 0 aromatic rings. The molecule has 2 saturated heterocycles. The second-order valence-corrected chi connectivity index (χ2v) is 16.7. The third-order valence-electron chi connectivity index (χ3n) is 11.8. The quantitative estimate of drug-likeness (QED) is 0.123. The molecule has 268 valence electrons. The first kappa shape index (κ1) is 39.3. The molecule has 0 radical (unpaired) electrons. The topological polar surface area (TPSA) is 59.1 Å². The van der Waals surface area contributed by atoms with Crippen LogP contribution in [0.15, 0.2) is 0 Å². The molecule has 3 aliphatic rings. The molecule has 1 aliphatic carbocycles. The van der Waals surface area contributed by atoms with Crippen LogP contribution in [0.5, 0.6) is 0 Å². The molecule has 2 heterocycles. The first-order valence-corrected chi connectivity index (χ1v) is 19.8. The Labute approximate surface area is 284 Å². The predicted octanol–water partition coefficient (Wildman–Crippen LogP) is 9.29. The molecular weight excluding hydrogens is 572 g/mol. The lowest BCUT2D eigenvalue weighted by molar-refractivity contribution is -0.167. The van der Waals surface area contributed by atoms with Crippen molar-refractivity contribution in [1.82, 2.24) is 9.80 Å². The number of hydrogen-bond donors (Lipinski definition) is 0. The van der Waals surface area contributed by atoms with Gasteiger partial charge in [-0.2, -0.15) is 0 Å². The maximum Gasteiger partial charge on any atom is 0.309 e. The molecule has 0 aromatic carbocycles. The predicted molar refractivity (Wildman–Crippen MR) is 191 cm³/mol. The van der Waals surface area contributed by atoms with Gasteiger partial charge >= 0.3 is 11.9 Å². The highest BCUT2D eigenvalue weighted by molar-refractivity contribution is 5.75. The van der Waals surface area contributed by atoms with Crippen molar-refractivity contribution in [3.63, 3.8) is 0 Å². The highest BCUT2D eigenvalue weighted by Gasteiger charge is 2.42. The van der Waals surface area contributed by atoms with E-state index in [0.717, 1.165) is 64.5 Å². The molecule has 6 nitrogen and oxygen atoms in total. The molecule has 0 N–H and O–H groups in total. The fourth-order valence-electron chi connectivity index (χ4n) is 8.95. The van der Waals surface area contributed by atoms with Crippen LogP contribution in [0.4, 0.5) is 0 Å². The van der Waals surface area contributed by atoms with E-state index in [-0.39, 0.29) is 36.0 Å². The summed E-state index contributed by atoms with van der Waals surface area (Å²) < 4.78 is 12.6. The lowest BCUT2D eigenvalue weighted by Crippen LogP contribution is -2.56. The minimum Gasteiger partial charge on any atom is -0.462 e. The Kier molecular flexibility index (Phi) is 16.4. The summed E-state index contributed by atoms with van der Waals surface area (Å²) in [6.45, 7) is 25.4. The third kappa shape index (κ3) is 10.9. The Morgan fingerprint density at radius 2 is 0.804 bits per heavy atom. The Morgan fingerprint density at radius 1 is 0.522 bits per heavy atom. The highest BCUT2D eigenvalue weighted by Crippen LogP contribution is 2.38. The molecule has 0 bridgehead atoms. The first-order valence-electron chi connectivity index (χ1n) is 19.8. The maximum atomic E-state index is 13.5. The number of nitrogens with zero attached hydrogens (tertiary/aromatic N) is 2. The SMILES string of the molecule is CCCCCN1C(C(C)C)CC(OC(=O)C2CCC(C(=O)OC3CC(C(C)C)N(CCCCC)C(C(C)C)C3)CC2)CC1C(C)C. The summed E-state index contributed by atoms with van der Waals surface area (Å²) in [4.78, 5) is 32.4. The largest absolute Gasteiger partial charge is 0.462 e. The summed E-state index contributed by atoms with van der Waals surface area (Å²) in [5.74, 6) is 1.88. The fourth-order valence-corrected chi connectivity index (χ4v) is 8.95. The molecule has 3 rings (SSSR count). The van der Waals surface area contributed by atoms with E-state index < -0.39 is 0 Å². The van der Waals surface area contributed by atoms with Crippen molar-refractivity contribution in [2.24, 2.45) is 35.5 Å². The Bertz CT molecular complexity index is 788. The van der Waals surface area contributed by atoms with Gasteiger partial charge in [0.15, 0.2) is 0 Å². The molecular formula is C40H74N2O4. The Balaban J connectivity index is 1.53. The average Bonchev–Trinajstić information content (AvgIpc) is 3.01. The van der Waals surface area contributed by atoms with E-state index in [1.54, 1.807) is 0 Å². The van der Waals surface area contributed by atoms with E-state index in [4.69, 9.17) is 9.47 Å². The second-order valence-electron chi connectivity index (χ2n) is 16.7. The van der Waals surface area contributed by atoms with Crippen molar-refractivity contribution in [2.45, 2.75) is 196 Å². The minimum atomic E-state index is -0.0939. The third-order valence-corrected chi connectivity index (χ3v) is 11.8. The van der Waals surface area contributed by atoms with Gasteiger partial charge in [-0.25, -0.2) is 0 Å². The van der Waals surface area contributed by atoms with E-state index in [1.807, 2.05) is 0 Å². The van der Waals surface area contributed by atoms with Crippen LogP contribution in [-0.2, 0) is 19.1 Å². The second kappa shape index (κ2) is 19.2. The van der Waals surface area contributed by atoms with Gasteiger partial charge in [-0.05, 0) is 75.3 Å². The first-order chi connectivity index (χ1) is 21.9. The number of piperidine rings is 2. The molecule has 46 heavy (non-hydrogen) atoms. The van der Waals surface area contributed by atoms with Gasteiger partial charge in [0.1, 0.15) is 12.2 Å². The van der Waals surface area contributed by atoms with Crippen LogP contribution >= 0.6 is 0 Å². The standard InChI is InChI=1S/C40H74N2O4/c1-11-13-15-21-41-35(27(3)4)23-33(24-36(41)28(5)6)45-39(43)31-17-19-32(20-18-31)40(44)46-34-25-37(29(7)8)42(22-16-14-12-2)38(26-34)30(9)10/h27-38H,11-26H2,1-10H3. The van der Waals surface area contributed by atoms with Gasteiger partial charge in [0.05, 0.1) is 11.8 Å². The van der Waals surface area contributed by atoms with Crippen molar-refractivity contribution in [2.75, 3.05) is 13.1 Å². The van der Waals surface area contributed by atoms with Gasteiger partial charge in [0.25, 0.3) is 0 Å². The van der Waals surface area contributed by atoms with Crippen molar-refractivity contribution >= 4 is 11.9 Å². The van der Waals surface area contributed by atoms with Gasteiger partial charge in [-0.3, -0.25) is 19.4 Å². The molecule has 4 atom stereocenters. The summed E-state index contributed by atoms with van der Waals surface area (Å²) >= 11 is 0. The van der Waals surface area contributed by atoms with Gasteiger partial charge < -0.3 is 9.47 Å². The van der Waals surface area contributed by atoms with Gasteiger partial charge in [0.2, 0.25) is 0 Å². The average molecular weight is 647 g/mol. The van der Waals surface area contributed by atoms with Crippen LogP contribution in [0.3, 0.4) is 0 Å². The van der Waals surface area contributed by atoms with E-state index >= 15 is 0 Å². The molecule has 2 aliphatic heterocycles. The van der Waals surface area contributed by atoms with Crippen LogP contribution in [0.1, 0.15) is 159 Å². The molecule has 6 heteroatoms. The molecule has 1 saturated carbocycles. The molecule has 3 fully saturated rings. The monoisotopic (exact) mass is 647 g/mol. The molecule has 0 aromatic heterocycles. The van der Waals surface area contributed by atoms with Crippen LogP contribution in [0.25, 0.3) is 0 Å². The zero-order valence-corrected chi connectivity index (χ0v) is 31.8. The number of unbranched alkanes of at least 4 members (excludes halogenated alkanes) is 4. The summed E-state index contributed by atoms with van der Waals surface area (Å²) in [6.07, 6.45) is 14.2. The summed E-state index contributed by atoms with van der Waals surface area (Å²) in [6, 6.07) is 1.82. The fraction of sp³-hybridized carbons (Fsp3) is 0.950. The van der Waals surface area contributed by atoms with Crippen molar-refractivity contribution in [1.29, 1.82) is 0 Å². The van der Waals surface area contributed by atoms with Crippen molar-refractivity contribution in [3.8, 4) is 0 Å². The van der Waals surface area contributed by atoms with E-state index in [2.05, 4.69) is 79.0 Å². The zero-order valence-electron chi connectivity index (χ0n) is 31.8. The molecule has 4 unspecified atom stereocenters. The van der Waals surface area contributed by atoms with Crippen molar-refractivity contribution in [3.05, 3.63) is 0 Å². The number of rotatable bonds is 16. The molecule has 0 spiro atoms. The van der Waals surface area contributed by atoms with Crippen molar-refractivity contribution < 1.29 is 19.1 Å². The highest BCUT2D eigenvalue weighted by atomic mass is 16.5. The number of hydrogen-bond acceptors (Lipinski definition) is 6. The maximum absolute atomic E-state index is 13.5. The minimum absolute atomic E-state index is 0.00643. The number of ether oxygens (including phenoxy) is 2. The number of carbonyl (C=O) groups is 2. The number of esters is 2. The summed E-state index contributed by atoms with van der Waals surface area (Å²) in [7, 11) is 0. The number of carbonyl (C=O) groups excluding carboxylic acids is 2. The lowest BCUT2D eigenvalue weighted by Gasteiger charge is -2.48. The normalized spacial score (nSPS) is 31.6. The lowest BCUT2D eigenvalue weighted by atomic mass is 9.81. The van der Waals surface area contributed by atoms with Crippen LogP contribution in [-0.4, -0.2) is 71.2 Å². The Morgan fingerprint density at radius 3 is 1.04 bits per heavy atom. The summed E-state index contributed by atoms with van der Waals surface area (Å²) in [5, 5.41) is 0. The van der Waals surface area contributed by atoms with Crippen LogP contribution in [0.2, 0.25) is 0 Å². The van der Waals surface area contributed by atoms with E-state index in [0.29, 0.717) is 47.8 Å². The Hall–Kier alpha value is -1.14. The van der Waals surface area contributed by atoms with Gasteiger partial charge in [-0.1, -0.05) is 94.9 Å². The van der Waals surface area contributed by atoms with Gasteiger partial charge in [0, 0.05) is 49.9 Å². The van der Waals surface area contributed by atoms with E-state index in [9.17, 15) is 9.59 Å². The van der Waals surface area contributed by atoms with E-state index in [1.165, 1.54) is 38.5 Å². The zero-order chi connectivity index (χ0) is 34.0. The molecule has 0 amide bonds. The van der Waals surface area contributed by atoms with Crippen LogP contribution < -0.4 is 0 Å². The summed E-state index contributed by atoms with van der Waals surface area (Å²) in [5.41, 5.74) is 0. The van der Waals surface area contributed by atoms with Crippen LogP contribution in [0, 0.1) is 35.5 Å². The number of likely N-dealkylation sites (tertiary alicyclic amines) is 2. The van der Waals surface area contributed by atoms with Gasteiger partial charge in [-0.15, -0.1) is 0 Å². The smallest absolute Gasteiger partial charge is 0.309 e.